The van der Waals surface area contributed by atoms with E-state index in [1.165, 1.54) is 6.07 Å². The Labute approximate surface area is 151 Å². The van der Waals surface area contributed by atoms with Crippen LogP contribution in [0.4, 0.5) is 10.1 Å². The molecule has 8 heteroatoms. The molecule has 0 fully saturated rings. The summed E-state index contributed by atoms with van der Waals surface area (Å²) in [4.78, 5) is 11.7. The molecule has 0 heterocycles. The lowest BCUT2D eigenvalue weighted by atomic mass is 9.82. The maximum absolute atomic E-state index is 14.5. The minimum absolute atomic E-state index is 0.341. The summed E-state index contributed by atoms with van der Waals surface area (Å²) < 4.78 is 39.7. The Hall–Kier alpha value is -2.45. The number of hydrogen-bond acceptors (Lipinski definition) is 4. The van der Waals surface area contributed by atoms with Crippen molar-refractivity contribution in [2.75, 3.05) is 11.0 Å². The zero-order chi connectivity index (χ0) is 18.9. The predicted molar refractivity (Wildman–Crippen MR) is 95.7 cm³/mol. The van der Waals surface area contributed by atoms with Gasteiger partial charge in [0, 0.05) is 11.6 Å². The summed E-state index contributed by atoms with van der Waals surface area (Å²) in [6, 6.07) is 9.92. The van der Waals surface area contributed by atoms with E-state index < -0.39 is 21.8 Å². The van der Waals surface area contributed by atoms with E-state index in [-0.39, 0.29) is 5.82 Å². The van der Waals surface area contributed by atoms with E-state index in [1.54, 1.807) is 29.7 Å². The van der Waals surface area contributed by atoms with E-state index in [0.29, 0.717) is 41.6 Å². The van der Waals surface area contributed by atoms with Gasteiger partial charge >= 0.3 is 0 Å². The summed E-state index contributed by atoms with van der Waals surface area (Å²) in [5.41, 5.74) is 4.62. The van der Waals surface area contributed by atoms with Crippen LogP contribution in [0.25, 0.3) is 11.1 Å². The SMILES string of the molecule is CS(=O)(=O)Nc1cccc(-c2cc(F)c3c(c2)CC(C(=O)NO)CC3)c1. The number of hydroxylamine groups is 1. The zero-order valence-corrected chi connectivity index (χ0v) is 14.9. The minimum Gasteiger partial charge on any atom is -0.289 e. The Morgan fingerprint density at radius 2 is 2.00 bits per heavy atom. The van der Waals surface area contributed by atoms with Gasteiger partial charge in [-0.3, -0.25) is 14.7 Å². The van der Waals surface area contributed by atoms with Crippen molar-refractivity contribution in [3.63, 3.8) is 0 Å². The fraction of sp³-hybridized carbons (Fsp3) is 0.278. The van der Waals surface area contributed by atoms with E-state index in [2.05, 4.69) is 4.72 Å². The molecule has 1 atom stereocenters. The second-order valence-electron chi connectivity index (χ2n) is 6.47. The molecule has 0 saturated heterocycles. The van der Waals surface area contributed by atoms with Crippen LogP contribution in [-0.2, 0) is 27.7 Å². The molecule has 0 aromatic heterocycles. The van der Waals surface area contributed by atoms with Gasteiger partial charge in [-0.05, 0) is 59.7 Å². The van der Waals surface area contributed by atoms with Crippen LogP contribution < -0.4 is 10.2 Å². The number of anilines is 1. The number of halogens is 1. The van der Waals surface area contributed by atoms with Gasteiger partial charge in [-0.2, -0.15) is 0 Å². The number of sulfonamides is 1. The van der Waals surface area contributed by atoms with Gasteiger partial charge in [0.25, 0.3) is 0 Å². The number of nitrogens with one attached hydrogen (secondary N) is 2. The number of carbonyl (C=O) groups is 1. The van der Waals surface area contributed by atoms with E-state index in [0.717, 1.165) is 11.8 Å². The smallest absolute Gasteiger partial charge is 0.246 e. The lowest BCUT2D eigenvalue weighted by molar-refractivity contribution is -0.133. The van der Waals surface area contributed by atoms with E-state index in [4.69, 9.17) is 5.21 Å². The van der Waals surface area contributed by atoms with Gasteiger partial charge < -0.3 is 0 Å². The third-order valence-electron chi connectivity index (χ3n) is 4.48. The Kier molecular flexibility index (Phi) is 4.97. The first kappa shape index (κ1) is 18.3. The van der Waals surface area contributed by atoms with Crippen LogP contribution >= 0.6 is 0 Å². The summed E-state index contributed by atoms with van der Waals surface area (Å²) in [7, 11) is -3.41. The normalized spacial score (nSPS) is 16.7. The molecule has 3 rings (SSSR count). The van der Waals surface area contributed by atoms with Crippen molar-refractivity contribution in [1.29, 1.82) is 0 Å². The van der Waals surface area contributed by atoms with Gasteiger partial charge in [0.2, 0.25) is 15.9 Å². The first-order valence-electron chi connectivity index (χ1n) is 8.10. The molecular weight excluding hydrogens is 359 g/mol. The second-order valence-corrected chi connectivity index (χ2v) is 8.22. The molecule has 2 aromatic rings. The first-order valence-corrected chi connectivity index (χ1v) is 9.99. The van der Waals surface area contributed by atoms with Crippen LogP contribution in [0.3, 0.4) is 0 Å². The molecule has 0 saturated carbocycles. The highest BCUT2D eigenvalue weighted by Gasteiger charge is 2.26. The van der Waals surface area contributed by atoms with Gasteiger partial charge in [0.15, 0.2) is 0 Å². The topological polar surface area (TPSA) is 95.5 Å². The highest BCUT2D eigenvalue weighted by atomic mass is 32.2. The quantitative estimate of drug-likeness (QED) is 0.563. The van der Waals surface area contributed by atoms with Crippen molar-refractivity contribution < 1.29 is 22.8 Å². The number of carbonyl (C=O) groups excluding carboxylic acids is 1. The zero-order valence-electron chi connectivity index (χ0n) is 14.1. The number of rotatable bonds is 4. The Bertz CT molecular complexity index is 960. The van der Waals surface area contributed by atoms with Crippen molar-refractivity contribution in [3.8, 4) is 11.1 Å². The van der Waals surface area contributed by atoms with Crippen molar-refractivity contribution in [2.24, 2.45) is 5.92 Å². The highest BCUT2D eigenvalue weighted by molar-refractivity contribution is 7.92. The molecule has 1 aliphatic rings. The Balaban J connectivity index is 1.97. The lowest BCUT2D eigenvalue weighted by Crippen LogP contribution is -2.32. The standard InChI is InChI=1S/C18H19FN2O4S/c1-26(24,25)21-15-4-2-3-11(9-15)13-8-14-7-12(18(22)20-23)5-6-16(14)17(19)10-13/h2-4,8-10,12,21,23H,5-7H2,1H3,(H,20,22). The Morgan fingerprint density at radius 1 is 1.23 bits per heavy atom. The predicted octanol–water partition coefficient (Wildman–Crippen LogP) is 2.47. The maximum Gasteiger partial charge on any atom is 0.246 e. The molecule has 2 aromatic carbocycles. The monoisotopic (exact) mass is 378 g/mol. The van der Waals surface area contributed by atoms with Gasteiger partial charge in [-0.25, -0.2) is 18.3 Å². The lowest BCUT2D eigenvalue weighted by Gasteiger charge is -2.24. The molecular formula is C18H19FN2O4S. The van der Waals surface area contributed by atoms with Crippen molar-refractivity contribution in [1.82, 2.24) is 5.48 Å². The third-order valence-corrected chi connectivity index (χ3v) is 5.08. The molecule has 0 spiro atoms. The first-order chi connectivity index (χ1) is 12.3. The molecule has 1 aliphatic carbocycles. The average molecular weight is 378 g/mol. The average Bonchev–Trinajstić information content (AvgIpc) is 2.59. The number of amides is 1. The van der Waals surface area contributed by atoms with E-state index in [9.17, 15) is 17.6 Å². The molecule has 138 valence electrons. The fourth-order valence-corrected chi connectivity index (χ4v) is 3.85. The second kappa shape index (κ2) is 7.05. The third kappa shape index (κ3) is 4.03. The molecule has 0 radical (unpaired) electrons. The largest absolute Gasteiger partial charge is 0.289 e. The summed E-state index contributed by atoms with van der Waals surface area (Å²) in [5.74, 6) is -1.22. The molecule has 3 N–H and O–H groups in total. The number of fused-ring (bicyclic) bond motifs is 1. The molecule has 0 bridgehead atoms. The summed E-state index contributed by atoms with van der Waals surface area (Å²) in [6.45, 7) is 0. The summed E-state index contributed by atoms with van der Waals surface area (Å²) in [5, 5.41) is 8.82. The van der Waals surface area contributed by atoms with Crippen molar-refractivity contribution in [3.05, 3.63) is 53.3 Å². The van der Waals surface area contributed by atoms with Crippen LogP contribution in [0.1, 0.15) is 17.5 Å². The maximum atomic E-state index is 14.5. The van der Waals surface area contributed by atoms with Crippen LogP contribution in [0, 0.1) is 11.7 Å². The minimum atomic E-state index is -3.41. The van der Waals surface area contributed by atoms with E-state index >= 15 is 0 Å². The molecule has 6 nitrogen and oxygen atoms in total. The van der Waals surface area contributed by atoms with E-state index in [1.807, 2.05) is 6.07 Å². The van der Waals surface area contributed by atoms with Crippen LogP contribution in [0.2, 0.25) is 0 Å². The fourth-order valence-electron chi connectivity index (χ4n) is 3.30. The highest BCUT2D eigenvalue weighted by Crippen LogP contribution is 2.33. The molecule has 26 heavy (non-hydrogen) atoms. The summed E-state index contributed by atoms with van der Waals surface area (Å²) >= 11 is 0. The van der Waals surface area contributed by atoms with Crippen LogP contribution in [-0.4, -0.2) is 25.8 Å². The molecule has 0 aliphatic heterocycles. The summed E-state index contributed by atoms with van der Waals surface area (Å²) in [6.07, 6.45) is 2.30. The molecule has 1 amide bonds. The number of hydrogen-bond donors (Lipinski definition) is 3. The Morgan fingerprint density at radius 3 is 2.69 bits per heavy atom. The van der Waals surface area contributed by atoms with Gasteiger partial charge in [-0.1, -0.05) is 18.2 Å². The van der Waals surface area contributed by atoms with Gasteiger partial charge in [-0.15, -0.1) is 0 Å². The molecule has 1 unspecified atom stereocenters. The van der Waals surface area contributed by atoms with Crippen LogP contribution in [0.5, 0.6) is 0 Å². The number of benzene rings is 2. The van der Waals surface area contributed by atoms with Gasteiger partial charge in [0.05, 0.1) is 6.26 Å². The van der Waals surface area contributed by atoms with Crippen molar-refractivity contribution >= 4 is 21.6 Å². The van der Waals surface area contributed by atoms with Crippen molar-refractivity contribution in [2.45, 2.75) is 19.3 Å². The van der Waals surface area contributed by atoms with Gasteiger partial charge in [0.1, 0.15) is 5.82 Å². The van der Waals surface area contributed by atoms with Crippen LogP contribution in [0.15, 0.2) is 36.4 Å².